The van der Waals surface area contributed by atoms with E-state index in [2.05, 4.69) is 9.98 Å². The molecule has 5 nitrogen and oxygen atoms in total. The fraction of sp³-hybridized carbons (Fsp3) is 0.0667. The molecule has 2 aromatic rings. The molecular formula is C15H17N5. The third-order valence-corrected chi connectivity index (χ3v) is 2.77. The summed E-state index contributed by atoms with van der Waals surface area (Å²) in [5, 5.41) is 0. The van der Waals surface area contributed by atoms with Crippen molar-refractivity contribution in [2.75, 3.05) is 18.5 Å². The molecule has 0 amide bonds. The summed E-state index contributed by atoms with van der Waals surface area (Å²) >= 11 is 0. The molecule has 0 aliphatic rings. The standard InChI is InChI=1S/C15H17N5/c1-19-15(11-5-3-7-13(17)9-11)20-14(18)10-4-2-6-12(16)8-10/h2-9H,16-17H2,1H3,(H2,18,19,20). The lowest BCUT2D eigenvalue weighted by Crippen LogP contribution is -2.16. The van der Waals surface area contributed by atoms with Crippen molar-refractivity contribution in [1.82, 2.24) is 0 Å². The Hall–Kier alpha value is -2.82. The minimum atomic E-state index is 0.361. The molecule has 0 fully saturated rings. The molecule has 0 heterocycles. The van der Waals surface area contributed by atoms with Gasteiger partial charge in [-0.3, -0.25) is 4.99 Å². The number of aliphatic imine (C=N–C) groups is 2. The molecule has 2 rings (SSSR count). The molecular weight excluding hydrogens is 250 g/mol. The van der Waals surface area contributed by atoms with Crippen LogP contribution in [0, 0.1) is 0 Å². The molecule has 0 saturated carbocycles. The average Bonchev–Trinajstić information content (AvgIpc) is 2.44. The third kappa shape index (κ3) is 3.14. The van der Waals surface area contributed by atoms with Crippen molar-refractivity contribution in [2.45, 2.75) is 0 Å². The lowest BCUT2D eigenvalue weighted by Gasteiger charge is -2.05. The van der Waals surface area contributed by atoms with E-state index < -0.39 is 0 Å². The van der Waals surface area contributed by atoms with Crippen molar-refractivity contribution in [3.05, 3.63) is 59.7 Å². The Morgan fingerprint density at radius 2 is 1.45 bits per heavy atom. The van der Waals surface area contributed by atoms with Crippen LogP contribution in [-0.2, 0) is 0 Å². The Kier molecular flexibility index (Phi) is 4.00. The average molecular weight is 267 g/mol. The maximum absolute atomic E-state index is 6.00. The summed E-state index contributed by atoms with van der Waals surface area (Å²) in [5.74, 6) is 0.887. The van der Waals surface area contributed by atoms with Gasteiger partial charge in [-0.15, -0.1) is 0 Å². The number of rotatable bonds is 2. The maximum Gasteiger partial charge on any atom is 0.156 e. The predicted octanol–water partition coefficient (Wildman–Crippen LogP) is 1.63. The predicted molar refractivity (Wildman–Crippen MR) is 84.9 cm³/mol. The van der Waals surface area contributed by atoms with Crippen LogP contribution in [0.1, 0.15) is 11.1 Å². The molecule has 0 saturated heterocycles. The largest absolute Gasteiger partial charge is 0.399 e. The first-order valence-corrected chi connectivity index (χ1v) is 6.13. The summed E-state index contributed by atoms with van der Waals surface area (Å²) in [6.45, 7) is 0. The summed E-state index contributed by atoms with van der Waals surface area (Å²) in [6.07, 6.45) is 0. The SMILES string of the molecule is CN=C(N=C(N)c1cccc(N)c1)c1cccc(N)c1. The number of anilines is 2. The van der Waals surface area contributed by atoms with Gasteiger partial charge in [0.2, 0.25) is 0 Å². The van der Waals surface area contributed by atoms with E-state index in [0.29, 0.717) is 23.0 Å². The zero-order valence-electron chi connectivity index (χ0n) is 11.2. The van der Waals surface area contributed by atoms with Gasteiger partial charge in [0.05, 0.1) is 0 Å². The fourth-order valence-corrected chi connectivity index (χ4v) is 1.80. The minimum Gasteiger partial charge on any atom is -0.399 e. The second-order valence-corrected chi connectivity index (χ2v) is 4.30. The second-order valence-electron chi connectivity index (χ2n) is 4.30. The van der Waals surface area contributed by atoms with Crippen molar-refractivity contribution in [1.29, 1.82) is 0 Å². The first-order chi connectivity index (χ1) is 9.60. The molecule has 102 valence electrons. The number of nitrogens with two attached hydrogens (primary N) is 3. The maximum atomic E-state index is 6.00. The number of hydrogen-bond donors (Lipinski definition) is 3. The van der Waals surface area contributed by atoms with E-state index in [0.717, 1.165) is 11.1 Å². The van der Waals surface area contributed by atoms with E-state index in [1.54, 1.807) is 25.2 Å². The zero-order valence-corrected chi connectivity index (χ0v) is 11.2. The summed E-state index contributed by atoms with van der Waals surface area (Å²) in [6, 6.07) is 14.6. The van der Waals surface area contributed by atoms with Gasteiger partial charge in [-0.2, -0.15) is 0 Å². The number of amidine groups is 2. The molecule has 0 unspecified atom stereocenters. The number of nitrogen functional groups attached to an aromatic ring is 2. The van der Waals surface area contributed by atoms with Crippen LogP contribution >= 0.6 is 0 Å². The summed E-state index contributed by atoms with van der Waals surface area (Å²) in [5.41, 5.74) is 20.4. The first-order valence-electron chi connectivity index (χ1n) is 6.13. The molecule has 5 heteroatoms. The summed E-state index contributed by atoms with van der Waals surface area (Å²) in [4.78, 5) is 8.50. The number of benzene rings is 2. The van der Waals surface area contributed by atoms with Crippen LogP contribution in [0.25, 0.3) is 0 Å². The Bertz CT molecular complexity index is 673. The highest BCUT2D eigenvalue weighted by Crippen LogP contribution is 2.11. The van der Waals surface area contributed by atoms with Crippen molar-refractivity contribution in [3.63, 3.8) is 0 Å². The molecule has 0 spiro atoms. The molecule has 0 aliphatic heterocycles. The topological polar surface area (TPSA) is 103 Å². The van der Waals surface area contributed by atoms with Crippen molar-refractivity contribution in [3.8, 4) is 0 Å². The van der Waals surface area contributed by atoms with Crippen LogP contribution < -0.4 is 17.2 Å². The molecule has 0 aliphatic carbocycles. The highest BCUT2D eigenvalue weighted by Gasteiger charge is 2.05. The van der Waals surface area contributed by atoms with E-state index in [1.165, 1.54) is 0 Å². The van der Waals surface area contributed by atoms with Gasteiger partial charge < -0.3 is 17.2 Å². The fourth-order valence-electron chi connectivity index (χ4n) is 1.80. The highest BCUT2D eigenvalue weighted by atomic mass is 15.0. The third-order valence-electron chi connectivity index (χ3n) is 2.77. The Morgan fingerprint density at radius 1 is 0.900 bits per heavy atom. The smallest absolute Gasteiger partial charge is 0.156 e. The van der Waals surface area contributed by atoms with Crippen LogP contribution in [0.5, 0.6) is 0 Å². The summed E-state index contributed by atoms with van der Waals surface area (Å²) < 4.78 is 0. The molecule has 2 aromatic carbocycles. The quantitative estimate of drug-likeness (QED) is 0.437. The van der Waals surface area contributed by atoms with Gasteiger partial charge in [0.25, 0.3) is 0 Å². The Morgan fingerprint density at radius 3 is 2.00 bits per heavy atom. The van der Waals surface area contributed by atoms with Gasteiger partial charge in [-0.1, -0.05) is 24.3 Å². The first kappa shape index (κ1) is 13.6. The van der Waals surface area contributed by atoms with Crippen LogP contribution in [0.3, 0.4) is 0 Å². The van der Waals surface area contributed by atoms with E-state index in [4.69, 9.17) is 17.2 Å². The molecule has 0 bridgehead atoms. The normalized spacial score (nSPS) is 12.4. The zero-order chi connectivity index (χ0) is 14.5. The lowest BCUT2D eigenvalue weighted by atomic mass is 10.1. The van der Waals surface area contributed by atoms with Crippen LogP contribution in [-0.4, -0.2) is 18.7 Å². The van der Waals surface area contributed by atoms with Crippen molar-refractivity contribution >= 4 is 23.0 Å². The Balaban J connectivity index is 2.37. The Labute approximate surface area is 117 Å². The van der Waals surface area contributed by atoms with E-state index in [9.17, 15) is 0 Å². The van der Waals surface area contributed by atoms with Crippen molar-refractivity contribution < 1.29 is 0 Å². The van der Waals surface area contributed by atoms with Crippen LogP contribution in [0.4, 0.5) is 11.4 Å². The molecule has 0 radical (unpaired) electrons. The number of nitrogens with zero attached hydrogens (tertiary/aromatic N) is 2. The number of hydrogen-bond acceptors (Lipinski definition) is 3. The lowest BCUT2D eigenvalue weighted by molar-refractivity contribution is 1.37. The van der Waals surface area contributed by atoms with Gasteiger partial charge >= 0.3 is 0 Å². The van der Waals surface area contributed by atoms with Gasteiger partial charge in [0.1, 0.15) is 5.84 Å². The van der Waals surface area contributed by atoms with Gasteiger partial charge in [0, 0.05) is 29.5 Å². The molecule has 0 aromatic heterocycles. The molecule has 0 atom stereocenters. The monoisotopic (exact) mass is 267 g/mol. The minimum absolute atomic E-state index is 0.361. The van der Waals surface area contributed by atoms with Crippen molar-refractivity contribution in [2.24, 2.45) is 15.7 Å². The van der Waals surface area contributed by atoms with E-state index >= 15 is 0 Å². The molecule has 20 heavy (non-hydrogen) atoms. The van der Waals surface area contributed by atoms with Gasteiger partial charge in [-0.05, 0) is 24.3 Å². The second kappa shape index (κ2) is 5.88. The summed E-state index contributed by atoms with van der Waals surface area (Å²) in [7, 11) is 1.66. The molecule has 6 N–H and O–H groups in total. The van der Waals surface area contributed by atoms with E-state index in [1.807, 2.05) is 30.3 Å². The van der Waals surface area contributed by atoms with Crippen LogP contribution in [0.2, 0.25) is 0 Å². The van der Waals surface area contributed by atoms with Crippen LogP contribution in [0.15, 0.2) is 58.5 Å². The van der Waals surface area contributed by atoms with E-state index in [-0.39, 0.29) is 0 Å². The highest BCUT2D eigenvalue weighted by molar-refractivity contribution is 6.11. The van der Waals surface area contributed by atoms with Gasteiger partial charge in [-0.25, -0.2) is 4.99 Å². The van der Waals surface area contributed by atoms with Gasteiger partial charge in [0.15, 0.2) is 5.84 Å².